The maximum atomic E-state index is 5.65. The van der Waals surface area contributed by atoms with E-state index in [1.165, 1.54) is 6.33 Å². The summed E-state index contributed by atoms with van der Waals surface area (Å²) in [6, 6.07) is 0. The Kier molecular flexibility index (Phi) is 1.33. The first-order valence-corrected chi connectivity index (χ1v) is 3.37. The minimum absolute atomic E-state index is 0.723. The van der Waals surface area contributed by atoms with Crippen molar-refractivity contribution in [3.8, 4) is 0 Å². The van der Waals surface area contributed by atoms with Gasteiger partial charge in [0, 0.05) is 0 Å². The van der Waals surface area contributed by atoms with Gasteiger partial charge in [0.05, 0.1) is 24.1 Å². The molecular formula is C7H8N4. The van der Waals surface area contributed by atoms with Crippen LogP contribution in [0, 0.1) is 0 Å². The van der Waals surface area contributed by atoms with Gasteiger partial charge in [-0.3, -0.25) is 0 Å². The number of hydrazine groups is 1. The van der Waals surface area contributed by atoms with Crippen LogP contribution in [0.3, 0.4) is 0 Å². The molecule has 0 radical (unpaired) electrons. The molecule has 2 heterocycles. The van der Waals surface area contributed by atoms with Crippen LogP contribution in [0.4, 0.5) is 5.69 Å². The standard InChI is InChI=1S/C7H8N4/c8-11-3-1-2-6-7(11)4-9-5-10-6/h1-2,4-5H,3,8H2. The van der Waals surface area contributed by atoms with Crippen molar-refractivity contribution in [1.82, 2.24) is 9.97 Å². The van der Waals surface area contributed by atoms with Crippen molar-refractivity contribution in [3.63, 3.8) is 0 Å². The second-order valence-electron chi connectivity index (χ2n) is 2.35. The molecule has 0 aromatic carbocycles. The molecule has 0 atom stereocenters. The average molecular weight is 148 g/mol. The van der Waals surface area contributed by atoms with Crippen LogP contribution in [-0.4, -0.2) is 16.5 Å². The molecule has 0 saturated carbocycles. The van der Waals surface area contributed by atoms with Gasteiger partial charge in [-0.15, -0.1) is 0 Å². The summed E-state index contributed by atoms with van der Waals surface area (Å²) in [7, 11) is 0. The Balaban J connectivity index is 2.54. The molecule has 1 aliphatic rings. The Morgan fingerprint density at radius 1 is 1.55 bits per heavy atom. The third-order valence-corrected chi connectivity index (χ3v) is 1.61. The zero-order chi connectivity index (χ0) is 7.68. The minimum atomic E-state index is 0.723. The van der Waals surface area contributed by atoms with Gasteiger partial charge < -0.3 is 5.01 Å². The van der Waals surface area contributed by atoms with E-state index >= 15 is 0 Å². The highest BCUT2D eigenvalue weighted by molar-refractivity contribution is 5.66. The van der Waals surface area contributed by atoms with Crippen LogP contribution in [0.1, 0.15) is 5.69 Å². The van der Waals surface area contributed by atoms with Crippen LogP contribution >= 0.6 is 0 Å². The third-order valence-electron chi connectivity index (χ3n) is 1.61. The van der Waals surface area contributed by atoms with Crippen molar-refractivity contribution in [3.05, 3.63) is 24.3 Å². The second-order valence-corrected chi connectivity index (χ2v) is 2.35. The zero-order valence-corrected chi connectivity index (χ0v) is 5.94. The molecule has 4 nitrogen and oxygen atoms in total. The van der Waals surface area contributed by atoms with Gasteiger partial charge in [0.1, 0.15) is 6.33 Å². The lowest BCUT2D eigenvalue weighted by molar-refractivity contribution is 0.909. The normalized spacial score (nSPS) is 14.8. The molecule has 56 valence electrons. The molecule has 1 aliphatic heterocycles. The van der Waals surface area contributed by atoms with E-state index in [4.69, 9.17) is 5.84 Å². The lowest BCUT2D eigenvalue weighted by Crippen LogP contribution is -2.33. The van der Waals surface area contributed by atoms with Crippen molar-refractivity contribution in [2.45, 2.75) is 0 Å². The van der Waals surface area contributed by atoms with E-state index in [1.807, 2.05) is 12.2 Å². The van der Waals surface area contributed by atoms with E-state index in [9.17, 15) is 0 Å². The molecule has 1 aromatic rings. The first-order chi connectivity index (χ1) is 5.38. The Morgan fingerprint density at radius 3 is 3.27 bits per heavy atom. The number of fused-ring (bicyclic) bond motifs is 1. The summed E-state index contributed by atoms with van der Waals surface area (Å²) in [6.45, 7) is 0.723. The molecule has 1 aromatic heterocycles. The van der Waals surface area contributed by atoms with Gasteiger partial charge in [-0.25, -0.2) is 15.8 Å². The Morgan fingerprint density at radius 2 is 2.45 bits per heavy atom. The van der Waals surface area contributed by atoms with E-state index in [2.05, 4.69) is 9.97 Å². The number of aromatic nitrogens is 2. The average Bonchev–Trinajstić information content (AvgIpc) is 2.06. The van der Waals surface area contributed by atoms with Crippen molar-refractivity contribution in [2.24, 2.45) is 5.84 Å². The summed E-state index contributed by atoms with van der Waals surface area (Å²) < 4.78 is 0. The fourth-order valence-electron chi connectivity index (χ4n) is 1.06. The van der Waals surface area contributed by atoms with Crippen LogP contribution in [0.5, 0.6) is 0 Å². The molecule has 0 fully saturated rings. The second kappa shape index (κ2) is 2.32. The maximum Gasteiger partial charge on any atom is 0.116 e. The minimum Gasteiger partial charge on any atom is -0.304 e. The zero-order valence-electron chi connectivity index (χ0n) is 5.94. The molecule has 2 N–H and O–H groups in total. The summed E-state index contributed by atoms with van der Waals surface area (Å²) in [5, 5.41) is 1.62. The number of rotatable bonds is 0. The van der Waals surface area contributed by atoms with Gasteiger partial charge in [0.25, 0.3) is 0 Å². The molecule has 11 heavy (non-hydrogen) atoms. The molecule has 0 aliphatic carbocycles. The van der Waals surface area contributed by atoms with Gasteiger partial charge in [0.15, 0.2) is 0 Å². The summed E-state index contributed by atoms with van der Waals surface area (Å²) >= 11 is 0. The number of nitrogens with two attached hydrogens (primary N) is 1. The fraction of sp³-hybridized carbons (Fsp3) is 0.143. The molecule has 0 bridgehead atoms. The van der Waals surface area contributed by atoms with Gasteiger partial charge >= 0.3 is 0 Å². The van der Waals surface area contributed by atoms with E-state index in [0.717, 1.165) is 17.9 Å². The van der Waals surface area contributed by atoms with Crippen molar-refractivity contribution < 1.29 is 0 Å². The van der Waals surface area contributed by atoms with Gasteiger partial charge in [-0.2, -0.15) is 0 Å². The predicted molar refractivity (Wildman–Crippen MR) is 42.6 cm³/mol. The first-order valence-electron chi connectivity index (χ1n) is 3.37. The molecular weight excluding hydrogens is 140 g/mol. The monoisotopic (exact) mass is 148 g/mol. The van der Waals surface area contributed by atoms with Crippen LogP contribution in [0.15, 0.2) is 18.6 Å². The summed E-state index contributed by atoms with van der Waals surface area (Å²) in [5.41, 5.74) is 1.77. The van der Waals surface area contributed by atoms with Crippen LogP contribution in [0.2, 0.25) is 0 Å². The summed E-state index contributed by atoms with van der Waals surface area (Å²) in [4.78, 5) is 7.93. The fourth-order valence-corrected chi connectivity index (χ4v) is 1.06. The molecule has 0 saturated heterocycles. The SMILES string of the molecule is NN1CC=Cc2ncncc21. The Hall–Kier alpha value is -1.42. The number of hydrogen-bond acceptors (Lipinski definition) is 4. The van der Waals surface area contributed by atoms with Crippen LogP contribution in [-0.2, 0) is 0 Å². The largest absolute Gasteiger partial charge is 0.304 e. The van der Waals surface area contributed by atoms with E-state index in [-0.39, 0.29) is 0 Å². The molecule has 4 heteroatoms. The van der Waals surface area contributed by atoms with Gasteiger partial charge in [-0.1, -0.05) is 6.08 Å². The third kappa shape index (κ3) is 0.969. The highest BCUT2D eigenvalue weighted by Crippen LogP contribution is 2.18. The molecule has 0 spiro atoms. The van der Waals surface area contributed by atoms with Crippen LogP contribution < -0.4 is 10.9 Å². The number of anilines is 1. The Labute approximate surface area is 64.3 Å². The van der Waals surface area contributed by atoms with Gasteiger partial charge in [-0.05, 0) is 6.08 Å². The molecule has 0 amide bonds. The smallest absolute Gasteiger partial charge is 0.116 e. The van der Waals surface area contributed by atoms with E-state index < -0.39 is 0 Å². The topological polar surface area (TPSA) is 55.0 Å². The van der Waals surface area contributed by atoms with E-state index in [1.54, 1.807) is 11.2 Å². The number of nitrogens with zero attached hydrogens (tertiary/aromatic N) is 3. The van der Waals surface area contributed by atoms with Crippen molar-refractivity contribution in [1.29, 1.82) is 0 Å². The lowest BCUT2D eigenvalue weighted by atomic mass is 10.2. The highest BCUT2D eigenvalue weighted by atomic mass is 15.4. The summed E-state index contributed by atoms with van der Waals surface area (Å²) in [6.07, 6.45) is 7.14. The quantitative estimate of drug-likeness (QED) is 0.533. The van der Waals surface area contributed by atoms with Gasteiger partial charge in [0.2, 0.25) is 0 Å². The van der Waals surface area contributed by atoms with E-state index in [0.29, 0.717) is 0 Å². The van der Waals surface area contributed by atoms with Crippen molar-refractivity contribution >= 4 is 11.8 Å². The van der Waals surface area contributed by atoms with Crippen molar-refractivity contribution in [2.75, 3.05) is 11.6 Å². The molecule has 0 unspecified atom stereocenters. The number of hydrogen-bond donors (Lipinski definition) is 1. The first kappa shape index (κ1) is 6.30. The predicted octanol–water partition coefficient (Wildman–Crippen LogP) is 0.183. The Bertz CT molecular complexity index is 294. The van der Waals surface area contributed by atoms with Crippen LogP contribution in [0.25, 0.3) is 6.08 Å². The lowest BCUT2D eigenvalue weighted by Gasteiger charge is -2.20. The molecule has 2 rings (SSSR count). The highest BCUT2D eigenvalue weighted by Gasteiger charge is 2.09. The summed E-state index contributed by atoms with van der Waals surface area (Å²) in [5.74, 6) is 5.65. The maximum absolute atomic E-state index is 5.65.